The Morgan fingerprint density at radius 3 is 2.37 bits per heavy atom. The number of nitrogens with zero attached hydrogens (tertiary/aromatic N) is 3. The Labute approximate surface area is 251 Å². The molecule has 1 amide bonds. The normalized spacial score (nSPS) is 16.2. The molecule has 216 valence electrons. The molecule has 0 bridgehead atoms. The molecule has 7 nitrogen and oxygen atoms in total. The van der Waals surface area contributed by atoms with Gasteiger partial charge in [-0.25, -0.2) is 14.8 Å². The van der Waals surface area contributed by atoms with Crippen molar-refractivity contribution in [2.45, 2.75) is 45.3 Å². The molecule has 4 aromatic rings. The molecule has 2 aliphatic rings. The average Bonchev–Trinajstić information content (AvgIpc) is 3.28. The lowest BCUT2D eigenvalue weighted by molar-refractivity contribution is -0.120. The van der Waals surface area contributed by atoms with Crippen LogP contribution in [0.15, 0.2) is 116 Å². The van der Waals surface area contributed by atoms with Gasteiger partial charge in [0.05, 0.1) is 11.4 Å². The fraction of sp³-hybridized carbons (Fsp3) is 0.200. The van der Waals surface area contributed by atoms with Crippen LogP contribution in [-0.2, 0) is 11.2 Å². The summed E-state index contributed by atoms with van der Waals surface area (Å²) in [6.07, 6.45) is 4.03. The van der Waals surface area contributed by atoms with E-state index in [1.807, 2.05) is 60.7 Å². The molecule has 0 fully saturated rings. The number of amides is 1. The second kappa shape index (κ2) is 10.8. The van der Waals surface area contributed by atoms with Gasteiger partial charge in [-0.15, -0.1) is 0 Å². The summed E-state index contributed by atoms with van der Waals surface area (Å²) in [6, 6.07) is 26.5. The number of carbonyl (C=O) groups excluding carboxylic acids is 1. The van der Waals surface area contributed by atoms with Gasteiger partial charge in [0.2, 0.25) is 8.32 Å². The third-order valence-corrected chi connectivity index (χ3v) is 12.5. The molecule has 2 aliphatic heterocycles. The van der Waals surface area contributed by atoms with Gasteiger partial charge in [0.1, 0.15) is 17.0 Å². The summed E-state index contributed by atoms with van der Waals surface area (Å²) in [5, 5.41) is 0.854. The number of hydrogen-bond acceptors (Lipinski definition) is 6. The van der Waals surface area contributed by atoms with Crippen LogP contribution in [0.25, 0.3) is 22.7 Å². The van der Waals surface area contributed by atoms with E-state index in [0.717, 1.165) is 27.8 Å². The minimum atomic E-state index is -1.98. The molecule has 0 unspecified atom stereocenters. The van der Waals surface area contributed by atoms with Crippen LogP contribution in [0, 0.1) is 0 Å². The largest absolute Gasteiger partial charge is 0.544 e. The summed E-state index contributed by atoms with van der Waals surface area (Å²) >= 11 is 0. The molecule has 0 radical (unpaired) electrons. The van der Waals surface area contributed by atoms with E-state index in [-0.39, 0.29) is 10.9 Å². The smallest absolute Gasteiger partial charge is 0.336 e. The lowest BCUT2D eigenvalue weighted by Gasteiger charge is -2.36. The Kier molecular flexibility index (Phi) is 7.10. The average molecular weight is 588 g/mol. The Morgan fingerprint density at radius 2 is 1.65 bits per heavy atom. The lowest BCUT2D eigenvalue weighted by Crippen LogP contribution is -2.43. The molecular formula is C35H33N3O4Si. The summed E-state index contributed by atoms with van der Waals surface area (Å²) < 4.78 is 11.7. The number of amidine groups is 1. The zero-order valence-corrected chi connectivity index (χ0v) is 25.9. The van der Waals surface area contributed by atoms with Crippen LogP contribution in [0.1, 0.15) is 37.5 Å². The molecule has 0 spiro atoms. The molecule has 0 saturated carbocycles. The second-order valence-electron chi connectivity index (χ2n) is 12.3. The zero-order chi connectivity index (χ0) is 30.4. The third-order valence-electron chi connectivity index (χ3n) is 8.15. The summed E-state index contributed by atoms with van der Waals surface area (Å²) in [5.41, 5.74) is 4.51. The molecule has 3 heterocycles. The van der Waals surface area contributed by atoms with E-state index >= 15 is 0 Å². The standard InChI is InChI=1S/C35H33N3O4Si/c1-35(2,3)43(4,5)42-27-15-12-25(13-16-27)30-22-38-33(28(36-30)20-23-9-7-6-8-10-23)37-29(34(38)40)21-24-11-17-31-26(19-24)14-18-32(39)41-31/h6-19,21-22H,20H2,1-5H3. The number of hydrogen-bond donors (Lipinski definition) is 0. The van der Waals surface area contributed by atoms with Crippen molar-refractivity contribution >= 4 is 48.5 Å². The number of benzene rings is 3. The highest BCUT2D eigenvalue weighted by Gasteiger charge is 2.39. The molecular weight excluding hydrogens is 554 g/mol. The summed E-state index contributed by atoms with van der Waals surface area (Å²) in [7, 11) is -1.98. The quantitative estimate of drug-likeness (QED) is 0.133. The fourth-order valence-corrected chi connectivity index (χ4v) is 5.76. The topological polar surface area (TPSA) is 84.5 Å². The van der Waals surface area contributed by atoms with Crippen LogP contribution in [-0.4, -0.2) is 30.7 Å². The van der Waals surface area contributed by atoms with Crippen molar-refractivity contribution in [2.75, 3.05) is 0 Å². The van der Waals surface area contributed by atoms with Crippen molar-refractivity contribution in [1.82, 2.24) is 4.90 Å². The molecule has 3 aromatic carbocycles. The van der Waals surface area contributed by atoms with E-state index in [1.165, 1.54) is 6.07 Å². The monoisotopic (exact) mass is 587 g/mol. The number of carbonyl (C=O) groups is 1. The molecule has 0 atom stereocenters. The van der Waals surface area contributed by atoms with Crippen LogP contribution in [0.2, 0.25) is 18.1 Å². The summed E-state index contributed by atoms with van der Waals surface area (Å²) in [5.74, 6) is 1.12. The predicted molar refractivity (Wildman–Crippen MR) is 175 cm³/mol. The summed E-state index contributed by atoms with van der Waals surface area (Å²) in [6.45, 7) is 11.1. The van der Waals surface area contributed by atoms with Gasteiger partial charge in [0, 0.05) is 29.6 Å². The van der Waals surface area contributed by atoms with E-state index in [2.05, 4.69) is 33.9 Å². The summed E-state index contributed by atoms with van der Waals surface area (Å²) in [4.78, 5) is 36.6. The Morgan fingerprint density at radius 1 is 0.907 bits per heavy atom. The fourth-order valence-electron chi connectivity index (χ4n) is 4.73. The van der Waals surface area contributed by atoms with Crippen LogP contribution in [0.5, 0.6) is 5.75 Å². The first-order valence-corrected chi connectivity index (χ1v) is 17.2. The van der Waals surface area contributed by atoms with Crippen LogP contribution in [0.3, 0.4) is 0 Å². The van der Waals surface area contributed by atoms with Gasteiger partial charge in [-0.1, -0.05) is 57.2 Å². The predicted octanol–water partition coefficient (Wildman–Crippen LogP) is 7.45. The maximum Gasteiger partial charge on any atom is 0.336 e. The minimum absolute atomic E-state index is 0.0912. The number of fused-ring (bicyclic) bond motifs is 2. The minimum Gasteiger partial charge on any atom is -0.544 e. The second-order valence-corrected chi connectivity index (χ2v) is 17.0. The molecule has 8 heteroatoms. The Hall–Kier alpha value is -4.82. The van der Waals surface area contributed by atoms with Crippen molar-refractivity contribution in [3.63, 3.8) is 0 Å². The van der Waals surface area contributed by atoms with E-state index in [4.69, 9.17) is 18.8 Å². The van der Waals surface area contributed by atoms with Crippen LogP contribution in [0.4, 0.5) is 0 Å². The van der Waals surface area contributed by atoms with Gasteiger partial charge in [-0.05, 0) is 77.8 Å². The molecule has 1 aromatic heterocycles. The maximum absolute atomic E-state index is 13.7. The highest BCUT2D eigenvalue weighted by molar-refractivity contribution is 6.74. The van der Waals surface area contributed by atoms with Crippen molar-refractivity contribution in [1.29, 1.82) is 0 Å². The molecule has 6 rings (SSSR count). The Balaban J connectivity index is 1.35. The third kappa shape index (κ3) is 5.78. The van der Waals surface area contributed by atoms with Gasteiger partial charge in [-0.3, -0.25) is 9.69 Å². The van der Waals surface area contributed by atoms with E-state index in [0.29, 0.717) is 34.9 Å². The van der Waals surface area contributed by atoms with Gasteiger partial charge >= 0.3 is 5.63 Å². The highest BCUT2D eigenvalue weighted by Crippen LogP contribution is 2.38. The zero-order valence-electron chi connectivity index (χ0n) is 24.9. The van der Waals surface area contributed by atoms with Gasteiger partial charge < -0.3 is 8.84 Å². The molecule has 0 saturated heterocycles. The first kappa shape index (κ1) is 28.3. The molecule has 0 N–H and O–H groups in total. The number of aliphatic imine (C=N–C) groups is 2. The lowest BCUT2D eigenvalue weighted by atomic mass is 10.0. The van der Waals surface area contributed by atoms with Crippen LogP contribution >= 0.6 is 0 Å². The van der Waals surface area contributed by atoms with Gasteiger partial charge in [0.15, 0.2) is 5.84 Å². The van der Waals surface area contributed by atoms with Crippen LogP contribution < -0.4 is 10.1 Å². The van der Waals surface area contributed by atoms with Crippen molar-refractivity contribution in [2.24, 2.45) is 9.98 Å². The van der Waals surface area contributed by atoms with Crippen molar-refractivity contribution < 1.29 is 13.6 Å². The van der Waals surface area contributed by atoms with Crippen molar-refractivity contribution in [3.8, 4) is 5.75 Å². The van der Waals surface area contributed by atoms with E-state index in [1.54, 1.807) is 35.4 Å². The molecule has 43 heavy (non-hydrogen) atoms. The Bertz CT molecular complexity index is 1910. The maximum atomic E-state index is 13.7. The SMILES string of the molecule is CC(C)(C)[Si](C)(C)Oc1ccc(C2=CN3C(=O)C(=Cc4ccc5oc(=O)ccc5c4)N=C3C(Cc3ccccc3)=N2)cc1. The van der Waals surface area contributed by atoms with E-state index < -0.39 is 13.9 Å². The molecule has 0 aliphatic carbocycles. The van der Waals surface area contributed by atoms with Crippen molar-refractivity contribution in [3.05, 3.63) is 124 Å². The van der Waals surface area contributed by atoms with Gasteiger partial charge in [0.25, 0.3) is 5.91 Å². The highest BCUT2D eigenvalue weighted by atomic mass is 28.4. The van der Waals surface area contributed by atoms with Gasteiger partial charge in [-0.2, -0.15) is 0 Å². The first-order valence-electron chi connectivity index (χ1n) is 14.3. The number of rotatable bonds is 6. The first-order chi connectivity index (χ1) is 20.5. The van der Waals surface area contributed by atoms with E-state index in [9.17, 15) is 9.59 Å².